The largest absolute Gasteiger partial charge is 0.478 e. The van der Waals surface area contributed by atoms with Gasteiger partial charge in [0.15, 0.2) is 0 Å². The minimum atomic E-state index is -1.03. The molecule has 1 saturated heterocycles. The minimum Gasteiger partial charge on any atom is -0.478 e. The Morgan fingerprint density at radius 2 is 2.29 bits per heavy atom. The lowest BCUT2D eigenvalue weighted by Gasteiger charge is -2.23. The van der Waals surface area contributed by atoms with Gasteiger partial charge in [0.2, 0.25) is 5.91 Å². The maximum Gasteiger partial charge on any atom is 0.340 e. The van der Waals surface area contributed by atoms with E-state index in [0.29, 0.717) is 23.0 Å². The molecule has 21 heavy (non-hydrogen) atoms. The lowest BCUT2D eigenvalue weighted by Crippen LogP contribution is -2.32. The van der Waals surface area contributed by atoms with Crippen LogP contribution in [0.2, 0.25) is 0 Å². The highest BCUT2D eigenvalue weighted by molar-refractivity contribution is 7.11. The molecule has 1 aromatic heterocycles. The van der Waals surface area contributed by atoms with Crippen molar-refractivity contribution in [3.63, 3.8) is 0 Å². The van der Waals surface area contributed by atoms with Crippen molar-refractivity contribution in [2.24, 2.45) is 5.92 Å². The lowest BCUT2D eigenvalue weighted by molar-refractivity contribution is -0.118. The van der Waals surface area contributed by atoms with Crippen molar-refractivity contribution >= 4 is 28.4 Å². The van der Waals surface area contributed by atoms with E-state index in [2.05, 4.69) is 9.69 Å². The average Bonchev–Trinajstić information content (AvgIpc) is 2.87. The van der Waals surface area contributed by atoms with Gasteiger partial charge in [0.25, 0.3) is 0 Å². The third-order valence-corrected chi connectivity index (χ3v) is 4.92. The molecule has 0 spiro atoms. The van der Waals surface area contributed by atoms with E-state index in [1.54, 1.807) is 14.0 Å². The average molecular weight is 311 g/mol. The number of carboxylic acid groups (broad SMARTS) is 1. The molecule has 0 bridgehead atoms. The Morgan fingerprint density at radius 1 is 1.52 bits per heavy atom. The van der Waals surface area contributed by atoms with Crippen LogP contribution >= 0.6 is 11.5 Å². The molecule has 1 aliphatic heterocycles. The van der Waals surface area contributed by atoms with Crippen LogP contribution in [-0.4, -0.2) is 41.5 Å². The van der Waals surface area contributed by atoms with Crippen molar-refractivity contribution in [3.8, 4) is 0 Å². The number of piperidine rings is 1. The predicted octanol–water partition coefficient (Wildman–Crippen LogP) is 1.89. The molecule has 1 fully saturated rings. The zero-order valence-electron chi connectivity index (χ0n) is 12.4. The molecule has 0 aromatic carbocycles. The van der Waals surface area contributed by atoms with Crippen molar-refractivity contribution in [3.05, 3.63) is 11.3 Å². The molecule has 2 heterocycles. The third-order valence-electron chi connectivity index (χ3n) is 3.90. The highest BCUT2D eigenvalue weighted by atomic mass is 32.1. The highest BCUT2D eigenvalue weighted by Crippen LogP contribution is 2.28. The van der Waals surface area contributed by atoms with Crippen molar-refractivity contribution in [1.82, 2.24) is 9.69 Å². The molecule has 2 rings (SSSR count). The van der Waals surface area contributed by atoms with Gasteiger partial charge in [-0.25, -0.2) is 4.79 Å². The highest BCUT2D eigenvalue weighted by Gasteiger charge is 2.24. The van der Waals surface area contributed by atoms with E-state index >= 15 is 0 Å². The molecule has 6 nitrogen and oxygen atoms in total. The van der Waals surface area contributed by atoms with Gasteiger partial charge in [0.1, 0.15) is 10.6 Å². The topological polar surface area (TPSA) is 82.5 Å². The second kappa shape index (κ2) is 7.00. The van der Waals surface area contributed by atoms with E-state index in [-0.39, 0.29) is 11.5 Å². The minimum absolute atomic E-state index is 0.0493. The molecule has 0 radical (unpaired) electrons. The van der Waals surface area contributed by atoms with E-state index < -0.39 is 5.97 Å². The van der Waals surface area contributed by atoms with Gasteiger partial charge in [-0.15, -0.1) is 0 Å². The quantitative estimate of drug-likeness (QED) is 0.868. The van der Waals surface area contributed by atoms with Crippen molar-refractivity contribution in [1.29, 1.82) is 0 Å². The summed E-state index contributed by atoms with van der Waals surface area (Å²) in [6, 6.07) is 0. The number of rotatable bonds is 5. The number of amides is 1. The lowest BCUT2D eigenvalue weighted by atomic mass is 9.94. The fourth-order valence-corrected chi connectivity index (χ4v) is 3.48. The first-order chi connectivity index (χ1) is 10.0. The van der Waals surface area contributed by atoms with Crippen LogP contribution in [-0.2, 0) is 4.79 Å². The van der Waals surface area contributed by atoms with Crippen LogP contribution in [0.3, 0.4) is 0 Å². The normalized spacial score (nSPS) is 18.5. The van der Waals surface area contributed by atoms with Gasteiger partial charge < -0.3 is 15.3 Å². The number of nitrogens with zero attached hydrogens (tertiary/aromatic N) is 2. The van der Waals surface area contributed by atoms with Crippen molar-refractivity contribution < 1.29 is 14.7 Å². The van der Waals surface area contributed by atoms with Crippen LogP contribution < -0.4 is 10.2 Å². The molecule has 1 aliphatic rings. The predicted molar refractivity (Wildman–Crippen MR) is 82.0 cm³/mol. The summed E-state index contributed by atoms with van der Waals surface area (Å²) in [5.41, 5.74) is 0.591. The monoisotopic (exact) mass is 311 g/mol. The summed E-state index contributed by atoms with van der Waals surface area (Å²) in [6.45, 7) is 3.68. The van der Waals surface area contributed by atoms with Gasteiger partial charge in [0.05, 0.1) is 5.69 Å². The van der Waals surface area contributed by atoms with Gasteiger partial charge in [-0.3, -0.25) is 4.79 Å². The number of carbonyl (C=O) groups excluding carboxylic acids is 1. The van der Waals surface area contributed by atoms with Gasteiger partial charge in [-0.05, 0) is 56.7 Å². The molecule has 1 unspecified atom stereocenters. The first-order valence-corrected chi connectivity index (χ1v) is 7.95. The molecule has 1 atom stereocenters. The van der Waals surface area contributed by atoms with Crippen LogP contribution in [0.4, 0.5) is 5.00 Å². The maximum absolute atomic E-state index is 12.3. The number of carboxylic acids is 1. The van der Waals surface area contributed by atoms with Crippen LogP contribution in [0.1, 0.15) is 41.7 Å². The molecule has 116 valence electrons. The van der Waals surface area contributed by atoms with Crippen LogP contribution in [0.15, 0.2) is 0 Å². The first kappa shape index (κ1) is 15.9. The first-order valence-electron chi connectivity index (χ1n) is 7.17. The molecule has 0 saturated carbocycles. The Kier molecular flexibility index (Phi) is 5.30. The zero-order chi connectivity index (χ0) is 15.4. The standard InChI is InChI=1S/C14H21N3O3S/c1-9-12(14(19)20)13(21-16-9)17(2)11(18)6-5-10-4-3-7-15-8-10/h10,15H,3-8H2,1-2H3,(H,19,20). The summed E-state index contributed by atoms with van der Waals surface area (Å²) in [5, 5.41) is 13.0. The van der Waals surface area contributed by atoms with E-state index in [1.807, 2.05) is 0 Å². The van der Waals surface area contributed by atoms with E-state index in [1.165, 1.54) is 4.90 Å². The second-order valence-electron chi connectivity index (χ2n) is 5.46. The molecular formula is C14H21N3O3S. The summed E-state index contributed by atoms with van der Waals surface area (Å²) in [7, 11) is 1.63. The maximum atomic E-state index is 12.3. The van der Waals surface area contributed by atoms with Crippen LogP contribution in [0.25, 0.3) is 0 Å². The smallest absolute Gasteiger partial charge is 0.340 e. The van der Waals surface area contributed by atoms with E-state index in [4.69, 9.17) is 0 Å². The van der Waals surface area contributed by atoms with E-state index in [9.17, 15) is 14.7 Å². The van der Waals surface area contributed by atoms with Gasteiger partial charge in [-0.2, -0.15) is 4.37 Å². The van der Waals surface area contributed by atoms with Crippen LogP contribution in [0.5, 0.6) is 0 Å². The summed E-state index contributed by atoms with van der Waals surface area (Å²) in [6.07, 6.45) is 3.60. The van der Waals surface area contributed by atoms with Gasteiger partial charge in [0, 0.05) is 13.5 Å². The number of carbonyl (C=O) groups is 2. The zero-order valence-corrected chi connectivity index (χ0v) is 13.2. The summed E-state index contributed by atoms with van der Waals surface area (Å²) >= 11 is 1.06. The fraction of sp³-hybridized carbons (Fsp3) is 0.643. The number of anilines is 1. The Bertz CT molecular complexity index is 524. The Hall–Kier alpha value is -1.47. The number of aromatic nitrogens is 1. The molecule has 7 heteroatoms. The molecule has 0 aliphatic carbocycles. The van der Waals surface area contributed by atoms with Crippen molar-refractivity contribution in [2.75, 3.05) is 25.0 Å². The number of hydrogen-bond donors (Lipinski definition) is 2. The van der Waals surface area contributed by atoms with Crippen molar-refractivity contribution in [2.45, 2.75) is 32.6 Å². The Labute approximate surface area is 128 Å². The number of nitrogens with one attached hydrogen (secondary N) is 1. The number of aromatic carboxylic acids is 1. The van der Waals surface area contributed by atoms with Gasteiger partial charge >= 0.3 is 5.97 Å². The SMILES string of the molecule is Cc1nsc(N(C)C(=O)CCC2CCCNC2)c1C(=O)O. The number of aryl methyl sites for hydroxylation is 1. The molecule has 2 N–H and O–H groups in total. The third kappa shape index (κ3) is 3.79. The number of hydrogen-bond acceptors (Lipinski definition) is 5. The second-order valence-corrected chi connectivity index (χ2v) is 6.21. The summed E-state index contributed by atoms with van der Waals surface area (Å²) in [4.78, 5) is 25.0. The summed E-state index contributed by atoms with van der Waals surface area (Å²) in [5.74, 6) is -0.544. The van der Waals surface area contributed by atoms with Gasteiger partial charge in [-0.1, -0.05) is 0 Å². The molecule has 1 aromatic rings. The molecular weight excluding hydrogens is 290 g/mol. The van der Waals surface area contributed by atoms with E-state index in [0.717, 1.165) is 43.9 Å². The summed E-state index contributed by atoms with van der Waals surface area (Å²) < 4.78 is 4.05. The fourth-order valence-electron chi connectivity index (χ4n) is 2.61. The Balaban J connectivity index is 1.97. The molecule has 1 amide bonds. The van der Waals surface area contributed by atoms with Crippen LogP contribution in [0, 0.1) is 12.8 Å². The Morgan fingerprint density at radius 3 is 2.90 bits per heavy atom.